The summed E-state index contributed by atoms with van der Waals surface area (Å²) in [6.07, 6.45) is 3.43. The normalized spacial score (nSPS) is 14.3. The summed E-state index contributed by atoms with van der Waals surface area (Å²) >= 11 is 1.64. The van der Waals surface area contributed by atoms with Gasteiger partial charge in [-0.15, -0.1) is 0 Å². The van der Waals surface area contributed by atoms with Crippen molar-refractivity contribution in [2.45, 2.75) is 37.9 Å². The van der Waals surface area contributed by atoms with Gasteiger partial charge in [-0.2, -0.15) is 0 Å². The lowest BCUT2D eigenvalue weighted by Gasteiger charge is -2.27. The van der Waals surface area contributed by atoms with Crippen LogP contribution in [-0.4, -0.2) is 45.8 Å². The Balaban J connectivity index is 1.43. The molecule has 0 radical (unpaired) electrons. The first kappa shape index (κ1) is 19.8. The Kier molecular flexibility index (Phi) is 6.39. The van der Waals surface area contributed by atoms with Crippen LogP contribution in [0, 0.1) is 6.92 Å². The molecule has 2 aromatic carbocycles. The number of nitrogens with zero attached hydrogens (tertiary/aromatic N) is 3. The molecule has 5 nitrogen and oxygen atoms in total. The van der Waals surface area contributed by atoms with Gasteiger partial charge in [0.05, 0.1) is 17.6 Å². The van der Waals surface area contributed by atoms with Gasteiger partial charge in [-0.25, -0.2) is 4.98 Å². The number of amides is 1. The molecule has 0 unspecified atom stereocenters. The predicted molar refractivity (Wildman–Crippen MR) is 118 cm³/mol. The molecule has 2 heterocycles. The summed E-state index contributed by atoms with van der Waals surface area (Å²) in [4.78, 5) is 19.6. The van der Waals surface area contributed by atoms with Crippen molar-refractivity contribution in [1.29, 1.82) is 0 Å². The molecule has 6 heteroatoms. The Labute approximate surface area is 176 Å². The summed E-state index contributed by atoms with van der Waals surface area (Å²) in [6.45, 7) is 4.75. The van der Waals surface area contributed by atoms with Crippen molar-refractivity contribution >= 4 is 28.7 Å². The van der Waals surface area contributed by atoms with Crippen LogP contribution in [0.5, 0.6) is 5.75 Å². The average Bonchev–Trinajstić information content (AvgIpc) is 3.09. The van der Waals surface area contributed by atoms with Crippen LogP contribution in [0.25, 0.3) is 11.0 Å². The fraction of sp³-hybridized carbons (Fsp3) is 0.391. The Morgan fingerprint density at radius 1 is 1.10 bits per heavy atom. The van der Waals surface area contributed by atoms with Crippen LogP contribution in [-0.2, 0) is 11.3 Å². The highest BCUT2D eigenvalue weighted by Crippen LogP contribution is 2.25. The van der Waals surface area contributed by atoms with Gasteiger partial charge in [-0.1, -0.05) is 36.0 Å². The molecule has 1 fully saturated rings. The Bertz CT molecular complexity index is 979. The van der Waals surface area contributed by atoms with Crippen molar-refractivity contribution < 1.29 is 9.53 Å². The molecule has 1 amide bonds. The summed E-state index contributed by atoms with van der Waals surface area (Å²) in [5.74, 6) is 1.85. The van der Waals surface area contributed by atoms with E-state index in [1.807, 2.05) is 47.4 Å². The van der Waals surface area contributed by atoms with Crippen LogP contribution in [0.4, 0.5) is 0 Å². The fourth-order valence-corrected chi connectivity index (χ4v) is 4.52. The van der Waals surface area contributed by atoms with Crippen molar-refractivity contribution in [3.05, 3.63) is 54.1 Å². The molecule has 1 aliphatic rings. The summed E-state index contributed by atoms with van der Waals surface area (Å²) in [5.41, 5.74) is 3.13. The lowest BCUT2D eigenvalue weighted by molar-refractivity contribution is -0.132. The van der Waals surface area contributed by atoms with Gasteiger partial charge >= 0.3 is 0 Å². The maximum atomic E-state index is 12.9. The van der Waals surface area contributed by atoms with Gasteiger partial charge < -0.3 is 14.2 Å². The fourth-order valence-electron chi connectivity index (χ4n) is 3.69. The summed E-state index contributed by atoms with van der Waals surface area (Å²) in [5, 5.41) is 0.879. The number of hydrogen-bond donors (Lipinski definition) is 0. The van der Waals surface area contributed by atoms with Crippen LogP contribution in [0.3, 0.4) is 0 Å². The van der Waals surface area contributed by atoms with Crippen molar-refractivity contribution in [1.82, 2.24) is 14.5 Å². The number of hydrogen-bond acceptors (Lipinski definition) is 4. The number of carbonyl (C=O) groups is 1. The zero-order valence-corrected chi connectivity index (χ0v) is 17.7. The van der Waals surface area contributed by atoms with Crippen molar-refractivity contribution in [3.63, 3.8) is 0 Å². The molecule has 0 atom stereocenters. The van der Waals surface area contributed by atoms with Gasteiger partial charge in [0.15, 0.2) is 5.16 Å². The first-order chi connectivity index (χ1) is 14.2. The lowest BCUT2D eigenvalue weighted by Crippen LogP contribution is -2.37. The smallest absolute Gasteiger partial charge is 0.242 e. The zero-order chi connectivity index (χ0) is 20.1. The number of para-hydroxylation sites is 2. The molecule has 0 aliphatic carbocycles. The number of benzene rings is 2. The SMILES string of the molecule is Cc1cccc(OCCSc2nc3ccccc3n2CC(=O)N2CCCCC2)c1. The number of imidazole rings is 1. The minimum Gasteiger partial charge on any atom is -0.493 e. The summed E-state index contributed by atoms with van der Waals surface area (Å²) in [7, 11) is 0. The van der Waals surface area contributed by atoms with E-state index in [4.69, 9.17) is 9.72 Å². The molecule has 152 valence electrons. The van der Waals surface area contributed by atoms with Crippen molar-refractivity contribution in [2.75, 3.05) is 25.4 Å². The number of aromatic nitrogens is 2. The average molecular weight is 410 g/mol. The molecule has 29 heavy (non-hydrogen) atoms. The lowest BCUT2D eigenvalue weighted by atomic mass is 10.1. The summed E-state index contributed by atoms with van der Waals surface area (Å²) < 4.78 is 7.92. The highest BCUT2D eigenvalue weighted by atomic mass is 32.2. The standard InChI is InChI=1S/C23H27N3O2S/c1-18-8-7-9-19(16-18)28-14-15-29-23-24-20-10-3-4-11-21(20)26(23)17-22(27)25-12-5-2-6-13-25/h3-4,7-11,16H,2,5-6,12-15,17H2,1H3. The van der Waals surface area contributed by atoms with E-state index < -0.39 is 0 Å². The van der Waals surface area contributed by atoms with Crippen LogP contribution in [0.1, 0.15) is 24.8 Å². The quantitative estimate of drug-likeness (QED) is 0.425. The molecule has 1 aliphatic heterocycles. The number of fused-ring (bicyclic) bond motifs is 1. The van der Waals surface area contributed by atoms with E-state index in [1.54, 1.807) is 11.8 Å². The Morgan fingerprint density at radius 3 is 2.76 bits per heavy atom. The topological polar surface area (TPSA) is 47.4 Å². The maximum Gasteiger partial charge on any atom is 0.242 e. The number of piperidine rings is 1. The first-order valence-electron chi connectivity index (χ1n) is 10.3. The van der Waals surface area contributed by atoms with E-state index in [9.17, 15) is 4.79 Å². The van der Waals surface area contributed by atoms with Gasteiger partial charge in [-0.05, 0) is 56.0 Å². The number of ether oxygens (including phenoxy) is 1. The van der Waals surface area contributed by atoms with Gasteiger partial charge in [0, 0.05) is 18.8 Å². The summed E-state index contributed by atoms with van der Waals surface area (Å²) in [6, 6.07) is 16.1. The largest absolute Gasteiger partial charge is 0.493 e. The molecule has 0 bridgehead atoms. The third kappa shape index (κ3) is 4.93. The van der Waals surface area contributed by atoms with E-state index in [0.717, 1.165) is 53.6 Å². The molecule has 4 rings (SSSR count). The van der Waals surface area contributed by atoms with Crippen LogP contribution >= 0.6 is 11.8 Å². The van der Waals surface area contributed by atoms with Crippen molar-refractivity contribution in [2.24, 2.45) is 0 Å². The number of aryl methyl sites for hydroxylation is 1. The zero-order valence-electron chi connectivity index (χ0n) is 16.8. The second-order valence-corrected chi connectivity index (χ2v) is 8.49. The highest BCUT2D eigenvalue weighted by Gasteiger charge is 2.20. The minimum atomic E-state index is 0.186. The molecule has 0 saturated carbocycles. The van der Waals surface area contributed by atoms with E-state index in [2.05, 4.69) is 17.6 Å². The van der Waals surface area contributed by atoms with Crippen molar-refractivity contribution in [3.8, 4) is 5.75 Å². The van der Waals surface area contributed by atoms with Crippen LogP contribution in [0.2, 0.25) is 0 Å². The first-order valence-corrected chi connectivity index (χ1v) is 11.2. The highest BCUT2D eigenvalue weighted by molar-refractivity contribution is 7.99. The Hall–Kier alpha value is -2.47. The predicted octanol–water partition coefficient (Wildman–Crippen LogP) is 4.53. The van der Waals surface area contributed by atoms with Gasteiger partial charge in [0.2, 0.25) is 5.91 Å². The number of carbonyl (C=O) groups excluding carboxylic acids is 1. The van der Waals surface area contributed by atoms with Gasteiger partial charge in [-0.3, -0.25) is 4.79 Å². The molecule has 3 aromatic rings. The third-order valence-corrected chi connectivity index (χ3v) is 6.14. The number of rotatable bonds is 7. The van der Waals surface area contributed by atoms with E-state index in [-0.39, 0.29) is 5.91 Å². The monoisotopic (exact) mass is 409 g/mol. The second-order valence-electron chi connectivity index (χ2n) is 7.42. The van der Waals surface area contributed by atoms with E-state index >= 15 is 0 Å². The Morgan fingerprint density at radius 2 is 1.93 bits per heavy atom. The molecular formula is C23H27N3O2S. The van der Waals surface area contributed by atoms with E-state index in [0.29, 0.717) is 13.2 Å². The molecule has 0 N–H and O–H groups in total. The van der Waals surface area contributed by atoms with Gasteiger partial charge in [0.25, 0.3) is 0 Å². The van der Waals surface area contributed by atoms with Crippen LogP contribution in [0.15, 0.2) is 53.7 Å². The number of thioether (sulfide) groups is 1. The molecular weight excluding hydrogens is 382 g/mol. The molecule has 1 saturated heterocycles. The minimum absolute atomic E-state index is 0.186. The van der Waals surface area contributed by atoms with E-state index in [1.165, 1.54) is 12.0 Å². The second kappa shape index (κ2) is 9.35. The molecule has 1 aromatic heterocycles. The number of likely N-dealkylation sites (tertiary alicyclic amines) is 1. The van der Waals surface area contributed by atoms with Crippen LogP contribution < -0.4 is 4.74 Å². The van der Waals surface area contributed by atoms with Gasteiger partial charge in [0.1, 0.15) is 12.3 Å². The maximum absolute atomic E-state index is 12.9. The third-order valence-electron chi connectivity index (χ3n) is 5.19. The molecule has 0 spiro atoms.